The molecule has 0 aliphatic carbocycles. The van der Waals surface area contributed by atoms with Gasteiger partial charge in [-0.25, -0.2) is 0 Å². The van der Waals surface area contributed by atoms with E-state index in [0.29, 0.717) is 13.0 Å². The zero-order valence-electron chi connectivity index (χ0n) is 8.17. The molecule has 0 aromatic carbocycles. The van der Waals surface area contributed by atoms with E-state index in [0.717, 1.165) is 0 Å². The Labute approximate surface area is 83.5 Å². The fourth-order valence-electron chi connectivity index (χ4n) is 0.788. The third-order valence-corrected chi connectivity index (χ3v) is 1.61. The summed E-state index contributed by atoms with van der Waals surface area (Å²) in [5.41, 5.74) is 0. The van der Waals surface area contributed by atoms with Crippen molar-refractivity contribution in [3.63, 3.8) is 0 Å². The summed E-state index contributed by atoms with van der Waals surface area (Å²) in [5.74, 6) is -0.0957. The fourth-order valence-corrected chi connectivity index (χ4v) is 0.928. The second-order valence-corrected chi connectivity index (χ2v) is 3.43. The summed E-state index contributed by atoms with van der Waals surface area (Å²) in [6.07, 6.45) is -0.0867. The molecule has 0 saturated heterocycles. The Morgan fingerprint density at radius 1 is 1.46 bits per heavy atom. The number of carbonyl (C=O) groups excluding carboxylic acids is 1. The number of hydrogen-bond donors (Lipinski definition) is 1. The van der Waals surface area contributed by atoms with Gasteiger partial charge in [-0.2, -0.15) is 0 Å². The van der Waals surface area contributed by atoms with E-state index in [2.05, 4.69) is 5.32 Å². The van der Waals surface area contributed by atoms with Gasteiger partial charge in [-0.3, -0.25) is 4.79 Å². The average Bonchev–Trinajstić information content (AvgIpc) is 2.05. The quantitative estimate of drug-likeness (QED) is 0.519. The first kappa shape index (κ1) is 12.7. The summed E-state index contributed by atoms with van der Waals surface area (Å²) < 4.78 is 9.77. The van der Waals surface area contributed by atoms with E-state index in [9.17, 15) is 4.79 Å². The standard InChI is InChI=1S/C8H16ClNO3/c1-6(9)4-7(11)10-5-8(12-2)13-3/h6,8H,4-5H2,1-3H3,(H,10,11). The van der Waals surface area contributed by atoms with Crippen LogP contribution in [0.25, 0.3) is 0 Å². The van der Waals surface area contributed by atoms with Crippen molar-refractivity contribution in [2.75, 3.05) is 20.8 Å². The number of nitrogens with one attached hydrogen (secondary N) is 1. The third-order valence-electron chi connectivity index (χ3n) is 1.46. The van der Waals surface area contributed by atoms with Crippen LogP contribution in [0.5, 0.6) is 0 Å². The summed E-state index contributed by atoms with van der Waals surface area (Å²) in [6, 6.07) is 0. The van der Waals surface area contributed by atoms with Gasteiger partial charge in [0.25, 0.3) is 0 Å². The maximum Gasteiger partial charge on any atom is 0.221 e. The molecule has 0 aromatic rings. The Balaban J connectivity index is 3.56. The Morgan fingerprint density at radius 3 is 2.38 bits per heavy atom. The third kappa shape index (κ3) is 6.81. The minimum absolute atomic E-state index is 0.0957. The lowest BCUT2D eigenvalue weighted by Crippen LogP contribution is -2.34. The number of carbonyl (C=O) groups is 1. The van der Waals surface area contributed by atoms with Crippen LogP contribution in [0.1, 0.15) is 13.3 Å². The van der Waals surface area contributed by atoms with Crippen molar-refractivity contribution >= 4 is 17.5 Å². The minimum atomic E-state index is -0.394. The molecule has 0 fully saturated rings. The molecule has 0 aliphatic rings. The van der Waals surface area contributed by atoms with Crippen LogP contribution >= 0.6 is 11.6 Å². The number of alkyl halides is 1. The van der Waals surface area contributed by atoms with E-state index in [1.807, 2.05) is 0 Å². The molecule has 0 aromatic heterocycles. The molecule has 1 N–H and O–H groups in total. The first-order valence-electron chi connectivity index (χ1n) is 4.06. The van der Waals surface area contributed by atoms with E-state index in [-0.39, 0.29) is 11.3 Å². The van der Waals surface area contributed by atoms with Crippen molar-refractivity contribution in [2.24, 2.45) is 0 Å². The smallest absolute Gasteiger partial charge is 0.221 e. The first-order chi connectivity index (χ1) is 6.10. The fraction of sp³-hybridized carbons (Fsp3) is 0.875. The number of amides is 1. The molecule has 0 saturated carbocycles. The summed E-state index contributed by atoms with van der Waals surface area (Å²) in [7, 11) is 3.04. The average molecular weight is 210 g/mol. The van der Waals surface area contributed by atoms with Gasteiger partial charge in [0.15, 0.2) is 6.29 Å². The number of methoxy groups -OCH3 is 2. The Kier molecular flexibility index (Phi) is 6.94. The highest BCUT2D eigenvalue weighted by Crippen LogP contribution is 1.99. The van der Waals surface area contributed by atoms with E-state index in [1.165, 1.54) is 14.2 Å². The Morgan fingerprint density at radius 2 is 2.00 bits per heavy atom. The van der Waals surface area contributed by atoms with Crippen LogP contribution in [0.3, 0.4) is 0 Å². The van der Waals surface area contributed by atoms with Gasteiger partial charge in [-0.15, -0.1) is 11.6 Å². The lowest BCUT2D eigenvalue weighted by molar-refractivity contribution is -0.127. The molecule has 78 valence electrons. The van der Waals surface area contributed by atoms with Gasteiger partial charge in [-0.1, -0.05) is 0 Å². The van der Waals surface area contributed by atoms with Gasteiger partial charge >= 0.3 is 0 Å². The first-order valence-corrected chi connectivity index (χ1v) is 4.50. The number of ether oxygens (including phenoxy) is 2. The zero-order chi connectivity index (χ0) is 10.3. The summed E-state index contributed by atoms with van der Waals surface area (Å²) >= 11 is 5.63. The van der Waals surface area contributed by atoms with Crippen LogP contribution in [0.2, 0.25) is 0 Å². The van der Waals surface area contributed by atoms with Crippen LogP contribution < -0.4 is 5.32 Å². The normalized spacial score (nSPS) is 13.0. The Hall–Kier alpha value is -0.320. The molecule has 0 spiro atoms. The van der Waals surface area contributed by atoms with E-state index in [4.69, 9.17) is 21.1 Å². The van der Waals surface area contributed by atoms with Crippen LogP contribution in [-0.2, 0) is 14.3 Å². The maximum atomic E-state index is 11.1. The van der Waals surface area contributed by atoms with Gasteiger partial charge in [0.05, 0.1) is 6.54 Å². The SMILES string of the molecule is COC(CNC(=O)CC(C)Cl)OC. The van der Waals surface area contributed by atoms with Gasteiger partial charge in [-0.05, 0) is 6.92 Å². The molecule has 0 heterocycles. The summed E-state index contributed by atoms with van der Waals surface area (Å²) in [4.78, 5) is 11.1. The second kappa shape index (κ2) is 7.12. The Bertz CT molecular complexity index is 148. The van der Waals surface area contributed by atoms with Gasteiger partial charge in [0, 0.05) is 26.0 Å². The maximum absolute atomic E-state index is 11.1. The highest BCUT2D eigenvalue weighted by atomic mass is 35.5. The largest absolute Gasteiger partial charge is 0.354 e. The van der Waals surface area contributed by atoms with Crippen molar-refractivity contribution in [1.82, 2.24) is 5.32 Å². The molecule has 5 heteroatoms. The molecule has 1 atom stereocenters. The monoisotopic (exact) mass is 209 g/mol. The van der Waals surface area contributed by atoms with Crippen molar-refractivity contribution in [3.8, 4) is 0 Å². The molecule has 4 nitrogen and oxygen atoms in total. The van der Waals surface area contributed by atoms with Gasteiger partial charge in [0.2, 0.25) is 5.91 Å². The van der Waals surface area contributed by atoms with Gasteiger partial charge < -0.3 is 14.8 Å². The topological polar surface area (TPSA) is 47.6 Å². The molecular formula is C8H16ClNO3. The highest BCUT2D eigenvalue weighted by molar-refractivity contribution is 6.21. The molecule has 0 bridgehead atoms. The van der Waals surface area contributed by atoms with Gasteiger partial charge in [0.1, 0.15) is 0 Å². The van der Waals surface area contributed by atoms with E-state index < -0.39 is 6.29 Å². The van der Waals surface area contributed by atoms with Crippen LogP contribution in [0, 0.1) is 0 Å². The van der Waals surface area contributed by atoms with Crippen molar-refractivity contribution in [1.29, 1.82) is 0 Å². The molecule has 13 heavy (non-hydrogen) atoms. The van der Waals surface area contributed by atoms with Crippen LogP contribution in [0.4, 0.5) is 0 Å². The molecule has 0 radical (unpaired) electrons. The number of halogens is 1. The van der Waals surface area contributed by atoms with Crippen LogP contribution in [-0.4, -0.2) is 38.3 Å². The zero-order valence-corrected chi connectivity index (χ0v) is 8.93. The minimum Gasteiger partial charge on any atom is -0.354 e. The van der Waals surface area contributed by atoms with Crippen molar-refractivity contribution in [2.45, 2.75) is 25.0 Å². The molecule has 1 amide bonds. The predicted octanol–water partition coefficient (Wildman–Crippen LogP) is 0.739. The van der Waals surface area contributed by atoms with Crippen molar-refractivity contribution in [3.05, 3.63) is 0 Å². The van der Waals surface area contributed by atoms with Crippen molar-refractivity contribution < 1.29 is 14.3 Å². The molecule has 0 aliphatic heterocycles. The summed E-state index contributed by atoms with van der Waals surface area (Å²) in [6.45, 7) is 2.11. The summed E-state index contributed by atoms with van der Waals surface area (Å²) in [5, 5.41) is 2.49. The number of hydrogen-bond acceptors (Lipinski definition) is 3. The lowest BCUT2D eigenvalue weighted by atomic mass is 10.3. The van der Waals surface area contributed by atoms with Crippen LogP contribution in [0.15, 0.2) is 0 Å². The molecule has 0 rings (SSSR count). The van der Waals surface area contributed by atoms with E-state index in [1.54, 1.807) is 6.92 Å². The highest BCUT2D eigenvalue weighted by Gasteiger charge is 2.09. The molecular weight excluding hydrogens is 194 g/mol. The molecule has 1 unspecified atom stereocenters. The number of rotatable bonds is 6. The lowest BCUT2D eigenvalue weighted by Gasteiger charge is -2.14. The van der Waals surface area contributed by atoms with E-state index >= 15 is 0 Å². The second-order valence-electron chi connectivity index (χ2n) is 2.69. The predicted molar refractivity (Wildman–Crippen MR) is 50.7 cm³/mol.